The monoisotopic (exact) mass is 459 g/mol. The van der Waals surface area contributed by atoms with E-state index in [0.29, 0.717) is 11.3 Å². The van der Waals surface area contributed by atoms with Gasteiger partial charge in [-0.1, -0.05) is 30.3 Å². The average Bonchev–Trinajstić information content (AvgIpc) is 2.82. The molecule has 5 rings (SSSR count). The molecule has 34 heavy (non-hydrogen) atoms. The van der Waals surface area contributed by atoms with Gasteiger partial charge in [-0.15, -0.1) is 0 Å². The molecular formula is C27H16F3NO3. The Morgan fingerprint density at radius 1 is 0.794 bits per heavy atom. The molecule has 0 fully saturated rings. The van der Waals surface area contributed by atoms with Gasteiger partial charge in [-0.2, -0.15) is 13.2 Å². The van der Waals surface area contributed by atoms with Crippen LogP contribution in [0.2, 0.25) is 0 Å². The molecule has 0 aliphatic heterocycles. The number of aromatic carboxylic acids is 1. The molecule has 4 aromatic carbocycles. The Labute approximate surface area is 191 Å². The van der Waals surface area contributed by atoms with E-state index < -0.39 is 17.7 Å². The molecule has 7 heteroatoms. The highest BCUT2D eigenvalue weighted by atomic mass is 19.4. The molecule has 1 N–H and O–H groups in total. The number of rotatable bonds is 4. The van der Waals surface area contributed by atoms with Gasteiger partial charge in [-0.05, 0) is 65.7 Å². The standard InChI is InChI=1S/C27H16F3NO3/c28-27(29,30)19-9-11-20(12-10-19)34-21-14-22(16-5-7-17(8-6-16)26(32)33)23-13-18-3-1-2-4-24(18)31-25(23)15-21/h1-15H,(H,32,33). The predicted octanol–water partition coefficient (Wildman–Crippen LogP) is 7.56. The number of carboxylic acid groups (broad SMARTS) is 1. The van der Waals surface area contributed by atoms with Crippen molar-refractivity contribution in [2.45, 2.75) is 6.18 Å². The van der Waals surface area contributed by atoms with Crippen LogP contribution in [0.1, 0.15) is 15.9 Å². The number of pyridine rings is 1. The first-order valence-electron chi connectivity index (χ1n) is 10.3. The van der Waals surface area contributed by atoms with Gasteiger partial charge < -0.3 is 9.84 Å². The summed E-state index contributed by atoms with van der Waals surface area (Å²) < 4.78 is 44.5. The summed E-state index contributed by atoms with van der Waals surface area (Å²) in [5.74, 6) is -0.379. The predicted molar refractivity (Wildman–Crippen MR) is 123 cm³/mol. The lowest BCUT2D eigenvalue weighted by molar-refractivity contribution is -0.137. The Bertz CT molecular complexity index is 1530. The Balaban J connectivity index is 1.63. The Kier molecular flexibility index (Phi) is 5.17. The Morgan fingerprint density at radius 3 is 2.18 bits per heavy atom. The van der Waals surface area contributed by atoms with E-state index in [0.717, 1.165) is 39.5 Å². The van der Waals surface area contributed by atoms with Gasteiger partial charge >= 0.3 is 12.1 Å². The fourth-order valence-electron chi connectivity index (χ4n) is 3.79. The topological polar surface area (TPSA) is 59.4 Å². The molecule has 1 heterocycles. The van der Waals surface area contributed by atoms with E-state index in [4.69, 9.17) is 9.72 Å². The van der Waals surface area contributed by atoms with Crippen molar-refractivity contribution in [1.29, 1.82) is 0 Å². The first kappa shape index (κ1) is 21.5. The van der Waals surface area contributed by atoms with Gasteiger partial charge in [-0.25, -0.2) is 9.78 Å². The van der Waals surface area contributed by atoms with E-state index in [-0.39, 0.29) is 11.3 Å². The van der Waals surface area contributed by atoms with Crippen molar-refractivity contribution < 1.29 is 27.8 Å². The molecular weight excluding hydrogens is 443 g/mol. The summed E-state index contributed by atoms with van der Waals surface area (Å²) in [6.45, 7) is 0. The van der Waals surface area contributed by atoms with Gasteiger partial charge in [0, 0.05) is 16.8 Å². The third kappa shape index (κ3) is 4.15. The summed E-state index contributed by atoms with van der Waals surface area (Å²) in [7, 11) is 0. The van der Waals surface area contributed by atoms with Gasteiger partial charge in [0.15, 0.2) is 0 Å². The van der Waals surface area contributed by atoms with E-state index in [1.54, 1.807) is 24.3 Å². The van der Waals surface area contributed by atoms with Crippen LogP contribution < -0.4 is 4.74 Å². The maximum atomic E-state index is 12.9. The molecule has 0 spiro atoms. The Hall–Kier alpha value is -4.39. The second kappa shape index (κ2) is 8.19. The van der Waals surface area contributed by atoms with E-state index in [1.165, 1.54) is 24.3 Å². The van der Waals surface area contributed by atoms with Crippen LogP contribution in [0.5, 0.6) is 11.5 Å². The SMILES string of the molecule is O=C(O)c1ccc(-c2cc(Oc3ccc(C(F)(F)F)cc3)cc3nc4ccccc4cc23)cc1. The van der Waals surface area contributed by atoms with Crippen molar-refractivity contribution >= 4 is 27.8 Å². The van der Waals surface area contributed by atoms with E-state index >= 15 is 0 Å². The number of benzene rings is 4. The summed E-state index contributed by atoms with van der Waals surface area (Å²) in [5, 5.41) is 11.0. The van der Waals surface area contributed by atoms with Crippen LogP contribution in [-0.4, -0.2) is 16.1 Å². The Morgan fingerprint density at radius 2 is 1.50 bits per heavy atom. The van der Waals surface area contributed by atoms with Crippen LogP contribution in [0.25, 0.3) is 32.9 Å². The number of alkyl halides is 3. The molecule has 0 saturated carbocycles. The van der Waals surface area contributed by atoms with Crippen LogP contribution >= 0.6 is 0 Å². The van der Waals surface area contributed by atoms with Crippen molar-refractivity contribution in [2.75, 3.05) is 0 Å². The molecule has 0 bridgehead atoms. The highest BCUT2D eigenvalue weighted by molar-refractivity contribution is 6.02. The first-order valence-corrected chi connectivity index (χ1v) is 10.3. The molecule has 0 radical (unpaired) electrons. The van der Waals surface area contributed by atoms with Crippen molar-refractivity contribution in [3.8, 4) is 22.6 Å². The molecule has 0 aliphatic rings. The number of carboxylic acids is 1. The zero-order valence-corrected chi connectivity index (χ0v) is 17.5. The van der Waals surface area contributed by atoms with Gasteiger partial charge in [-0.3, -0.25) is 0 Å². The summed E-state index contributed by atoms with van der Waals surface area (Å²) in [6.07, 6.45) is -4.43. The molecule has 0 unspecified atom stereocenters. The minimum absolute atomic E-state index is 0.161. The van der Waals surface area contributed by atoms with E-state index in [9.17, 15) is 23.1 Å². The van der Waals surface area contributed by atoms with Crippen LogP contribution in [0.3, 0.4) is 0 Å². The zero-order valence-electron chi connectivity index (χ0n) is 17.5. The van der Waals surface area contributed by atoms with Gasteiger partial charge in [0.2, 0.25) is 0 Å². The number of para-hydroxylation sites is 1. The second-order valence-corrected chi connectivity index (χ2v) is 7.73. The molecule has 5 aromatic rings. The first-order chi connectivity index (χ1) is 16.3. The lowest BCUT2D eigenvalue weighted by atomic mass is 9.98. The number of halogens is 3. The maximum absolute atomic E-state index is 12.9. The van der Waals surface area contributed by atoms with Crippen molar-refractivity contribution in [2.24, 2.45) is 0 Å². The van der Waals surface area contributed by atoms with Gasteiger partial charge in [0.1, 0.15) is 11.5 Å². The largest absolute Gasteiger partial charge is 0.478 e. The maximum Gasteiger partial charge on any atom is 0.416 e. The number of ether oxygens (including phenoxy) is 1. The fourth-order valence-corrected chi connectivity index (χ4v) is 3.79. The van der Waals surface area contributed by atoms with Crippen molar-refractivity contribution in [3.05, 3.63) is 102 Å². The number of nitrogens with zero attached hydrogens (tertiary/aromatic N) is 1. The second-order valence-electron chi connectivity index (χ2n) is 7.73. The number of hydrogen-bond acceptors (Lipinski definition) is 3. The van der Waals surface area contributed by atoms with Crippen LogP contribution in [0.4, 0.5) is 13.2 Å². The lowest BCUT2D eigenvalue weighted by Crippen LogP contribution is -2.04. The number of hydrogen-bond donors (Lipinski definition) is 1. The minimum Gasteiger partial charge on any atom is -0.478 e. The summed E-state index contributed by atoms with van der Waals surface area (Å²) in [4.78, 5) is 16.0. The molecule has 168 valence electrons. The average molecular weight is 459 g/mol. The van der Waals surface area contributed by atoms with Gasteiger partial charge in [0.05, 0.1) is 22.2 Å². The molecule has 0 saturated heterocycles. The quantitative estimate of drug-likeness (QED) is 0.282. The smallest absolute Gasteiger partial charge is 0.416 e. The normalized spacial score (nSPS) is 11.6. The third-order valence-electron chi connectivity index (χ3n) is 5.47. The molecule has 4 nitrogen and oxygen atoms in total. The molecule has 0 aliphatic carbocycles. The minimum atomic E-state index is -4.43. The van der Waals surface area contributed by atoms with Crippen LogP contribution in [-0.2, 0) is 6.18 Å². The number of carbonyl (C=O) groups is 1. The van der Waals surface area contributed by atoms with E-state index in [2.05, 4.69) is 0 Å². The molecule has 0 amide bonds. The van der Waals surface area contributed by atoms with Gasteiger partial charge in [0.25, 0.3) is 0 Å². The number of aromatic nitrogens is 1. The summed E-state index contributed by atoms with van der Waals surface area (Å²) in [5.41, 5.74) is 2.34. The summed E-state index contributed by atoms with van der Waals surface area (Å²) in [6, 6.07) is 24.0. The van der Waals surface area contributed by atoms with Crippen molar-refractivity contribution in [1.82, 2.24) is 4.98 Å². The summed E-state index contributed by atoms with van der Waals surface area (Å²) >= 11 is 0. The van der Waals surface area contributed by atoms with Crippen LogP contribution in [0, 0.1) is 0 Å². The van der Waals surface area contributed by atoms with Crippen LogP contribution in [0.15, 0.2) is 91.0 Å². The third-order valence-corrected chi connectivity index (χ3v) is 5.47. The zero-order chi connectivity index (χ0) is 23.9. The molecule has 1 aromatic heterocycles. The lowest BCUT2D eigenvalue weighted by Gasteiger charge is -2.13. The van der Waals surface area contributed by atoms with E-state index in [1.807, 2.05) is 30.3 Å². The molecule has 0 atom stereocenters. The van der Waals surface area contributed by atoms with Crippen molar-refractivity contribution in [3.63, 3.8) is 0 Å². The fraction of sp³-hybridized carbons (Fsp3) is 0.0370. The highest BCUT2D eigenvalue weighted by Crippen LogP contribution is 2.37. The number of fused-ring (bicyclic) bond motifs is 2. The highest BCUT2D eigenvalue weighted by Gasteiger charge is 2.30.